The van der Waals surface area contributed by atoms with Gasteiger partial charge in [-0.15, -0.1) is 0 Å². The Bertz CT molecular complexity index is 187. The molecule has 1 aliphatic rings. The van der Waals surface area contributed by atoms with Crippen LogP contribution in [0.5, 0.6) is 0 Å². The molecule has 0 atom stereocenters. The fourth-order valence-corrected chi connectivity index (χ4v) is 1.72. The minimum absolute atomic E-state index is 0.143. The summed E-state index contributed by atoms with van der Waals surface area (Å²) in [5.41, 5.74) is -0.143. The molecule has 13 heavy (non-hydrogen) atoms. The zero-order chi connectivity index (χ0) is 10.1. The third-order valence-electron chi connectivity index (χ3n) is 2.76. The number of hydrogen-bond donors (Lipinski definition) is 0. The van der Waals surface area contributed by atoms with E-state index >= 15 is 0 Å². The Kier molecular flexibility index (Phi) is 3.12. The maximum absolute atomic E-state index is 11.6. The van der Waals surface area contributed by atoms with Crippen molar-refractivity contribution in [1.82, 2.24) is 4.90 Å². The highest BCUT2D eigenvalue weighted by molar-refractivity contribution is 5.83. The molecule has 76 valence electrons. The Labute approximate surface area is 81.3 Å². The summed E-state index contributed by atoms with van der Waals surface area (Å²) in [6, 6.07) is 0. The summed E-state index contributed by atoms with van der Waals surface area (Å²) in [6.45, 7) is 8.36. The molecule has 2 heteroatoms. The molecule has 0 radical (unpaired) electrons. The van der Waals surface area contributed by atoms with E-state index in [-0.39, 0.29) is 5.41 Å². The highest BCUT2D eigenvalue weighted by Crippen LogP contribution is 2.23. The van der Waals surface area contributed by atoms with E-state index in [0.29, 0.717) is 5.78 Å². The number of Topliss-reactive ketones (excluding diaryl/α,β-unsaturated/α-hetero) is 1. The van der Waals surface area contributed by atoms with Crippen molar-refractivity contribution in [3.8, 4) is 0 Å². The number of carbonyl (C=O) groups excluding carboxylic acids is 1. The van der Waals surface area contributed by atoms with E-state index in [1.165, 1.54) is 13.1 Å². The van der Waals surface area contributed by atoms with E-state index in [1.807, 2.05) is 20.8 Å². The lowest BCUT2D eigenvalue weighted by Crippen LogP contribution is -2.43. The number of nitrogens with zero attached hydrogens (tertiary/aromatic N) is 1. The Balaban J connectivity index is 2.16. The van der Waals surface area contributed by atoms with Crippen molar-refractivity contribution in [2.24, 2.45) is 11.3 Å². The monoisotopic (exact) mass is 183 g/mol. The second-order valence-corrected chi connectivity index (χ2v) is 5.30. The van der Waals surface area contributed by atoms with E-state index in [4.69, 9.17) is 0 Å². The predicted octanol–water partition coefficient (Wildman–Crippen LogP) is 1.94. The third-order valence-corrected chi connectivity index (χ3v) is 2.76. The van der Waals surface area contributed by atoms with Crippen molar-refractivity contribution < 1.29 is 4.79 Å². The summed E-state index contributed by atoms with van der Waals surface area (Å²) in [6.07, 6.45) is 1.85. The summed E-state index contributed by atoms with van der Waals surface area (Å²) < 4.78 is 0. The Morgan fingerprint density at radius 1 is 1.38 bits per heavy atom. The molecule has 1 aliphatic heterocycles. The molecule has 0 bridgehead atoms. The zero-order valence-corrected chi connectivity index (χ0v) is 9.26. The number of hydrogen-bond acceptors (Lipinski definition) is 2. The van der Waals surface area contributed by atoms with Crippen LogP contribution in [0.2, 0.25) is 0 Å². The van der Waals surface area contributed by atoms with Crippen LogP contribution in [0.3, 0.4) is 0 Å². The second-order valence-electron chi connectivity index (χ2n) is 5.30. The molecule has 0 aromatic rings. The fraction of sp³-hybridized carbons (Fsp3) is 0.909. The molecule has 0 spiro atoms. The lowest BCUT2D eigenvalue weighted by atomic mass is 9.85. The molecule has 0 aromatic carbocycles. The molecule has 0 unspecified atom stereocenters. The van der Waals surface area contributed by atoms with Crippen LogP contribution in [0.1, 0.15) is 33.6 Å². The minimum Gasteiger partial charge on any atom is -0.306 e. The Morgan fingerprint density at radius 2 is 1.92 bits per heavy atom. The molecule has 0 N–H and O–H groups in total. The first-order valence-electron chi connectivity index (χ1n) is 5.11. The van der Waals surface area contributed by atoms with Gasteiger partial charge in [-0.1, -0.05) is 20.8 Å². The van der Waals surface area contributed by atoms with Gasteiger partial charge in [0.15, 0.2) is 0 Å². The van der Waals surface area contributed by atoms with Gasteiger partial charge in [0.2, 0.25) is 0 Å². The van der Waals surface area contributed by atoms with Crippen molar-refractivity contribution in [2.45, 2.75) is 33.6 Å². The molecule has 1 saturated heterocycles. The van der Waals surface area contributed by atoms with Crippen molar-refractivity contribution >= 4 is 5.78 Å². The van der Waals surface area contributed by atoms with E-state index in [9.17, 15) is 4.79 Å². The SMILES string of the molecule is CN1CC(CCC(=O)C(C)(C)C)C1. The van der Waals surface area contributed by atoms with Crippen LogP contribution in [0.15, 0.2) is 0 Å². The van der Waals surface area contributed by atoms with Gasteiger partial charge >= 0.3 is 0 Å². The number of ketones is 1. The highest BCUT2D eigenvalue weighted by atomic mass is 16.1. The van der Waals surface area contributed by atoms with Crippen molar-refractivity contribution in [3.05, 3.63) is 0 Å². The van der Waals surface area contributed by atoms with Gasteiger partial charge in [0, 0.05) is 24.9 Å². The first-order valence-corrected chi connectivity index (χ1v) is 5.11. The Hall–Kier alpha value is -0.370. The molecule has 0 aliphatic carbocycles. The maximum atomic E-state index is 11.6. The number of rotatable bonds is 3. The zero-order valence-electron chi connectivity index (χ0n) is 9.26. The number of carbonyl (C=O) groups is 1. The molecule has 1 fully saturated rings. The highest BCUT2D eigenvalue weighted by Gasteiger charge is 2.26. The van der Waals surface area contributed by atoms with Gasteiger partial charge in [0.05, 0.1) is 0 Å². The van der Waals surface area contributed by atoms with Crippen molar-refractivity contribution in [2.75, 3.05) is 20.1 Å². The standard InChI is InChI=1S/C11H21NO/c1-11(2,3)10(13)6-5-9-7-12(4)8-9/h9H,5-8H2,1-4H3. The van der Waals surface area contributed by atoms with Gasteiger partial charge in [-0.2, -0.15) is 0 Å². The average molecular weight is 183 g/mol. The molecular formula is C11H21NO. The summed E-state index contributed by atoms with van der Waals surface area (Å²) in [5.74, 6) is 1.18. The van der Waals surface area contributed by atoms with Crippen LogP contribution >= 0.6 is 0 Å². The molecular weight excluding hydrogens is 162 g/mol. The van der Waals surface area contributed by atoms with Gasteiger partial charge in [0.1, 0.15) is 5.78 Å². The topological polar surface area (TPSA) is 20.3 Å². The summed E-state index contributed by atoms with van der Waals surface area (Å²) in [5, 5.41) is 0. The molecule has 0 aromatic heterocycles. The Morgan fingerprint density at radius 3 is 2.31 bits per heavy atom. The summed E-state index contributed by atoms with van der Waals surface area (Å²) in [4.78, 5) is 13.9. The van der Waals surface area contributed by atoms with E-state index in [2.05, 4.69) is 11.9 Å². The van der Waals surface area contributed by atoms with Crippen LogP contribution < -0.4 is 0 Å². The maximum Gasteiger partial charge on any atom is 0.138 e. The molecule has 1 heterocycles. The largest absolute Gasteiger partial charge is 0.306 e. The van der Waals surface area contributed by atoms with Crippen LogP contribution in [-0.4, -0.2) is 30.8 Å². The lowest BCUT2D eigenvalue weighted by Gasteiger charge is -2.36. The van der Waals surface area contributed by atoms with Crippen molar-refractivity contribution in [3.63, 3.8) is 0 Å². The lowest BCUT2D eigenvalue weighted by molar-refractivity contribution is -0.126. The van der Waals surface area contributed by atoms with E-state index in [1.54, 1.807) is 0 Å². The predicted molar refractivity (Wildman–Crippen MR) is 54.7 cm³/mol. The van der Waals surface area contributed by atoms with Crippen LogP contribution in [-0.2, 0) is 4.79 Å². The first kappa shape index (κ1) is 10.7. The smallest absolute Gasteiger partial charge is 0.138 e. The van der Waals surface area contributed by atoms with Crippen LogP contribution in [0, 0.1) is 11.3 Å². The fourth-order valence-electron chi connectivity index (χ4n) is 1.72. The molecule has 0 amide bonds. The summed E-state index contributed by atoms with van der Waals surface area (Å²) >= 11 is 0. The van der Waals surface area contributed by atoms with Crippen LogP contribution in [0.4, 0.5) is 0 Å². The molecule has 2 nitrogen and oxygen atoms in total. The van der Waals surface area contributed by atoms with E-state index < -0.39 is 0 Å². The average Bonchev–Trinajstić information content (AvgIpc) is 1.93. The molecule has 1 rings (SSSR count). The van der Waals surface area contributed by atoms with Crippen molar-refractivity contribution in [1.29, 1.82) is 0 Å². The van der Waals surface area contributed by atoms with Gasteiger partial charge in [0.25, 0.3) is 0 Å². The van der Waals surface area contributed by atoms with Gasteiger partial charge in [-0.25, -0.2) is 0 Å². The normalized spacial score (nSPS) is 20.0. The number of likely N-dealkylation sites (tertiary alicyclic amines) is 1. The quantitative estimate of drug-likeness (QED) is 0.666. The third kappa shape index (κ3) is 3.11. The summed E-state index contributed by atoms with van der Waals surface area (Å²) in [7, 11) is 2.13. The second kappa shape index (κ2) is 3.79. The van der Waals surface area contributed by atoms with Crippen LogP contribution in [0.25, 0.3) is 0 Å². The minimum atomic E-state index is -0.143. The molecule has 0 saturated carbocycles. The van der Waals surface area contributed by atoms with Gasteiger partial charge in [-0.3, -0.25) is 4.79 Å². The van der Waals surface area contributed by atoms with E-state index in [0.717, 1.165) is 18.8 Å². The van der Waals surface area contributed by atoms with Gasteiger partial charge in [-0.05, 0) is 19.4 Å². The van der Waals surface area contributed by atoms with Gasteiger partial charge < -0.3 is 4.90 Å². The first-order chi connectivity index (χ1) is 5.89.